The maximum absolute atomic E-state index is 11.9. The second kappa shape index (κ2) is 5.35. The predicted molar refractivity (Wildman–Crippen MR) is 65.2 cm³/mol. The number of ether oxygens (including phenoxy) is 1. The monoisotopic (exact) mass is 263 g/mol. The van der Waals surface area contributed by atoms with E-state index >= 15 is 0 Å². The first kappa shape index (κ1) is 14.4. The highest BCUT2D eigenvalue weighted by molar-refractivity contribution is 7.91. The van der Waals surface area contributed by atoms with E-state index in [2.05, 4.69) is 4.74 Å². The number of esters is 1. The molecule has 0 aliphatic heterocycles. The van der Waals surface area contributed by atoms with Crippen molar-refractivity contribution in [3.05, 3.63) is 0 Å². The standard InChI is InChI=1S/C11H21NO4S/c1-9(6-12)7-17(14,15)8-11(3-4-11)5-10(13)16-2/h9H,3-8,12H2,1-2H3. The summed E-state index contributed by atoms with van der Waals surface area (Å²) in [5.41, 5.74) is 5.06. The van der Waals surface area contributed by atoms with E-state index in [1.807, 2.05) is 6.92 Å². The SMILES string of the molecule is COC(=O)CC1(CS(=O)(=O)CC(C)CN)CC1. The molecule has 1 saturated carbocycles. The second-order valence-electron chi connectivity index (χ2n) is 5.15. The third-order valence-electron chi connectivity index (χ3n) is 3.17. The van der Waals surface area contributed by atoms with Crippen molar-refractivity contribution in [2.45, 2.75) is 26.2 Å². The lowest BCUT2D eigenvalue weighted by Crippen LogP contribution is -2.27. The summed E-state index contributed by atoms with van der Waals surface area (Å²) in [4.78, 5) is 11.2. The van der Waals surface area contributed by atoms with Crippen molar-refractivity contribution in [3.63, 3.8) is 0 Å². The van der Waals surface area contributed by atoms with E-state index in [4.69, 9.17) is 5.73 Å². The number of hydrogen-bond acceptors (Lipinski definition) is 5. The Kier molecular flexibility index (Phi) is 4.55. The topological polar surface area (TPSA) is 86.5 Å². The number of rotatable bonds is 7. The Hall–Kier alpha value is -0.620. The Morgan fingerprint density at radius 1 is 1.47 bits per heavy atom. The third-order valence-corrected chi connectivity index (χ3v) is 5.30. The summed E-state index contributed by atoms with van der Waals surface area (Å²) in [5.74, 6) is -0.176. The molecule has 100 valence electrons. The van der Waals surface area contributed by atoms with E-state index in [0.717, 1.165) is 12.8 Å². The molecular weight excluding hydrogens is 242 g/mol. The molecule has 17 heavy (non-hydrogen) atoms. The molecule has 0 saturated heterocycles. The molecule has 0 heterocycles. The zero-order valence-corrected chi connectivity index (χ0v) is 11.3. The second-order valence-corrected chi connectivity index (χ2v) is 7.26. The van der Waals surface area contributed by atoms with Crippen LogP contribution in [-0.4, -0.2) is 39.5 Å². The Morgan fingerprint density at radius 3 is 2.47 bits per heavy atom. The fraction of sp³-hybridized carbons (Fsp3) is 0.909. The first-order chi connectivity index (χ1) is 7.82. The van der Waals surface area contributed by atoms with Gasteiger partial charge in [-0.3, -0.25) is 4.79 Å². The molecule has 1 fully saturated rings. The van der Waals surface area contributed by atoms with Crippen LogP contribution >= 0.6 is 0 Å². The number of sulfone groups is 1. The van der Waals surface area contributed by atoms with Crippen molar-refractivity contribution in [1.29, 1.82) is 0 Å². The fourth-order valence-electron chi connectivity index (χ4n) is 1.95. The molecule has 1 aliphatic rings. The first-order valence-corrected chi connectivity index (χ1v) is 7.62. The predicted octanol–water partition coefficient (Wildman–Crippen LogP) is 0.339. The van der Waals surface area contributed by atoms with Crippen LogP contribution in [0.1, 0.15) is 26.2 Å². The van der Waals surface area contributed by atoms with E-state index in [-0.39, 0.29) is 35.2 Å². The largest absolute Gasteiger partial charge is 0.469 e. The smallest absolute Gasteiger partial charge is 0.306 e. The van der Waals surface area contributed by atoms with Gasteiger partial charge in [-0.05, 0) is 30.7 Å². The minimum atomic E-state index is -3.13. The molecule has 0 aromatic carbocycles. The van der Waals surface area contributed by atoms with Crippen LogP contribution in [0.3, 0.4) is 0 Å². The summed E-state index contributed by atoms with van der Waals surface area (Å²) in [7, 11) is -1.81. The van der Waals surface area contributed by atoms with Crippen molar-refractivity contribution in [2.75, 3.05) is 25.2 Å². The van der Waals surface area contributed by atoms with Crippen LogP contribution in [0.15, 0.2) is 0 Å². The Labute approximate surface area is 103 Å². The number of carbonyl (C=O) groups excluding carboxylic acids is 1. The van der Waals surface area contributed by atoms with Crippen molar-refractivity contribution in [1.82, 2.24) is 0 Å². The minimum absolute atomic E-state index is 0.0334. The van der Waals surface area contributed by atoms with Crippen LogP contribution in [0.4, 0.5) is 0 Å². The molecule has 0 amide bonds. The average molecular weight is 263 g/mol. The number of methoxy groups -OCH3 is 1. The minimum Gasteiger partial charge on any atom is -0.469 e. The van der Waals surface area contributed by atoms with Gasteiger partial charge in [0.05, 0.1) is 25.0 Å². The maximum atomic E-state index is 11.9. The number of carbonyl (C=O) groups is 1. The molecule has 5 nitrogen and oxygen atoms in total. The normalized spacial score (nSPS) is 19.7. The summed E-state index contributed by atoms with van der Waals surface area (Å²) in [6, 6.07) is 0. The summed E-state index contributed by atoms with van der Waals surface area (Å²) < 4.78 is 28.4. The van der Waals surface area contributed by atoms with E-state index in [1.54, 1.807) is 0 Å². The lowest BCUT2D eigenvalue weighted by Gasteiger charge is -2.15. The summed E-state index contributed by atoms with van der Waals surface area (Å²) >= 11 is 0. The summed E-state index contributed by atoms with van der Waals surface area (Å²) in [6.45, 7) is 2.18. The van der Waals surface area contributed by atoms with Gasteiger partial charge in [-0.1, -0.05) is 6.92 Å². The van der Waals surface area contributed by atoms with Gasteiger partial charge in [-0.25, -0.2) is 8.42 Å². The quantitative estimate of drug-likeness (QED) is 0.669. The molecule has 1 unspecified atom stereocenters. The van der Waals surface area contributed by atoms with Crippen LogP contribution in [0.5, 0.6) is 0 Å². The lowest BCUT2D eigenvalue weighted by molar-refractivity contribution is -0.141. The van der Waals surface area contributed by atoms with E-state index in [1.165, 1.54) is 7.11 Å². The van der Waals surface area contributed by atoms with Crippen LogP contribution in [0, 0.1) is 11.3 Å². The highest BCUT2D eigenvalue weighted by atomic mass is 32.2. The van der Waals surface area contributed by atoms with Gasteiger partial charge in [0.25, 0.3) is 0 Å². The maximum Gasteiger partial charge on any atom is 0.306 e. The van der Waals surface area contributed by atoms with E-state index in [0.29, 0.717) is 6.54 Å². The molecule has 2 N–H and O–H groups in total. The van der Waals surface area contributed by atoms with Gasteiger partial charge in [0.1, 0.15) is 0 Å². The fourth-order valence-corrected chi connectivity index (χ4v) is 4.40. The molecule has 1 atom stereocenters. The van der Waals surface area contributed by atoms with Crippen molar-refractivity contribution in [2.24, 2.45) is 17.1 Å². The van der Waals surface area contributed by atoms with Gasteiger partial charge in [0, 0.05) is 0 Å². The molecule has 0 bridgehead atoms. The zero-order chi connectivity index (χ0) is 13.1. The summed E-state index contributed by atoms with van der Waals surface area (Å²) in [5, 5.41) is 0. The molecule has 0 spiro atoms. The number of nitrogens with two attached hydrogens (primary N) is 1. The van der Waals surface area contributed by atoms with Gasteiger partial charge < -0.3 is 10.5 Å². The van der Waals surface area contributed by atoms with E-state index in [9.17, 15) is 13.2 Å². The Balaban J connectivity index is 2.55. The molecule has 6 heteroatoms. The van der Waals surface area contributed by atoms with Crippen molar-refractivity contribution < 1.29 is 17.9 Å². The summed E-state index contributed by atoms with van der Waals surface area (Å²) in [6.07, 6.45) is 1.79. The van der Waals surface area contributed by atoms with Crippen LogP contribution in [0.2, 0.25) is 0 Å². The molecule has 1 rings (SSSR count). The van der Waals surface area contributed by atoms with Gasteiger partial charge >= 0.3 is 5.97 Å². The molecule has 0 radical (unpaired) electrons. The molecule has 0 aromatic rings. The van der Waals surface area contributed by atoms with Crippen molar-refractivity contribution >= 4 is 15.8 Å². The van der Waals surface area contributed by atoms with Gasteiger partial charge in [0.15, 0.2) is 9.84 Å². The Bertz CT molecular complexity index is 373. The highest BCUT2D eigenvalue weighted by Gasteiger charge is 2.47. The lowest BCUT2D eigenvalue weighted by atomic mass is 10.1. The number of hydrogen-bond donors (Lipinski definition) is 1. The van der Waals surface area contributed by atoms with Crippen LogP contribution < -0.4 is 5.73 Å². The van der Waals surface area contributed by atoms with Gasteiger partial charge in [-0.2, -0.15) is 0 Å². The molecular formula is C11H21NO4S. The average Bonchev–Trinajstić information content (AvgIpc) is 2.95. The van der Waals surface area contributed by atoms with Crippen LogP contribution in [-0.2, 0) is 19.4 Å². The van der Waals surface area contributed by atoms with Crippen molar-refractivity contribution in [3.8, 4) is 0 Å². The Morgan fingerprint density at radius 2 is 2.06 bits per heavy atom. The van der Waals surface area contributed by atoms with Gasteiger partial charge in [-0.15, -0.1) is 0 Å². The third kappa shape index (κ3) is 4.63. The molecule has 1 aliphatic carbocycles. The highest BCUT2D eigenvalue weighted by Crippen LogP contribution is 2.50. The van der Waals surface area contributed by atoms with E-state index < -0.39 is 9.84 Å². The van der Waals surface area contributed by atoms with Gasteiger partial charge in [0.2, 0.25) is 0 Å². The zero-order valence-electron chi connectivity index (χ0n) is 10.4. The van der Waals surface area contributed by atoms with Crippen LogP contribution in [0.25, 0.3) is 0 Å². The first-order valence-electron chi connectivity index (χ1n) is 5.80. The molecule has 0 aromatic heterocycles.